The number of amides is 1. The molecule has 1 aromatic carbocycles. The first-order valence-corrected chi connectivity index (χ1v) is 8.21. The summed E-state index contributed by atoms with van der Waals surface area (Å²) in [5, 5.41) is 16.5. The molecule has 1 aliphatic heterocycles. The van der Waals surface area contributed by atoms with Gasteiger partial charge in [0, 0.05) is 24.7 Å². The third-order valence-corrected chi connectivity index (χ3v) is 4.52. The molecule has 2 atom stereocenters. The number of benzene rings is 1. The predicted octanol–water partition coefficient (Wildman–Crippen LogP) is 2.30. The number of aryl methyl sites for hydroxylation is 1. The maximum absolute atomic E-state index is 12.7. The molecule has 1 saturated heterocycles. The number of aliphatic carboxylic acids is 1. The van der Waals surface area contributed by atoms with E-state index in [1.54, 1.807) is 11.0 Å². The molecule has 1 aromatic heterocycles. The lowest BCUT2D eigenvalue weighted by Gasteiger charge is -2.15. The van der Waals surface area contributed by atoms with Gasteiger partial charge in [-0.15, -0.1) is 0 Å². The number of carboxylic acids is 1. The molecule has 6 heteroatoms. The number of likely N-dealkylation sites (tertiary alicyclic amines) is 1. The maximum Gasteiger partial charge on any atom is 0.308 e. The van der Waals surface area contributed by atoms with E-state index in [1.165, 1.54) is 0 Å². The molecule has 0 unspecified atom stereocenters. The lowest BCUT2D eigenvalue weighted by Crippen LogP contribution is -2.30. The molecule has 1 amide bonds. The molecule has 0 spiro atoms. The van der Waals surface area contributed by atoms with Gasteiger partial charge in [0.25, 0.3) is 5.91 Å². The number of aromatic amines is 1. The number of H-pyrrole nitrogens is 1. The summed E-state index contributed by atoms with van der Waals surface area (Å²) >= 11 is 0. The summed E-state index contributed by atoms with van der Waals surface area (Å²) in [7, 11) is 0. The Morgan fingerprint density at radius 1 is 1.29 bits per heavy atom. The molecule has 6 nitrogen and oxygen atoms in total. The van der Waals surface area contributed by atoms with E-state index in [0.29, 0.717) is 12.2 Å². The summed E-state index contributed by atoms with van der Waals surface area (Å²) in [5.41, 5.74) is 2.24. The summed E-state index contributed by atoms with van der Waals surface area (Å²) in [4.78, 5) is 25.9. The Morgan fingerprint density at radius 2 is 2.04 bits per heavy atom. The van der Waals surface area contributed by atoms with Gasteiger partial charge >= 0.3 is 5.97 Å². The van der Waals surface area contributed by atoms with Crippen LogP contribution in [0.4, 0.5) is 0 Å². The van der Waals surface area contributed by atoms with Crippen molar-refractivity contribution in [3.63, 3.8) is 0 Å². The quantitative estimate of drug-likeness (QED) is 0.882. The topological polar surface area (TPSA) is 86.3 Å². The first-order valence-electron chi connectivity index (χ1n) is 8.21. The Labute approximate surface area is 140 Å². The largest absolute Gasteiger partial charge is 0.481 e. The van der Waals surface area contributed by atoms with E-state index in [-0.39, 0.29) is 18.4 Å². The summed E-state index contributed by atoms with van der Waals surface area (Å²) in [5.74, 6) is -1.86. The van der Waals surface area contributed by atoms with Crippen LogP contribution < -0.4 is 0 Å². The number of nitrogens with zero attached hydrogens (tertiary/aromatic N) is 2. The number of aromatic nitrogens is 2. The number of hydrogen-bond acceptors (Lipinski definition) is 3. The lowest BCUT2D eigenvalue weighted by molar-refractivity contribution is -0.141. The molecule has 0 saturated carbocycles. The van der Waals surface area contributed by atoms with Gasteiger partial charge in [-0.3, -0.25) is 14.7 Å². The van der Waals surface area contributed by atoms with Crippen LogP contribution in [0.5, 0.6) is 0 Å². The molecule has 1 fully saturated rings. The van der Waals surface area contributed by atoms with Crippen LogP contribution in [-0.2, 0) is 11.2 Å². The number of carboxylic acid groups (broad SMARTS) is 1. The first kappa shape index (κ1) is 16.2. The molecular weight excluding hydrogens is 306 g/mol. The van der Waals surface area contributed by atoms with E-state index in [4.69, 9.17) is 0 Å². The van der Waals surface area contributed by atoms with Crippen LogP contribution in [0.25, 0.3) is 0 Å². The Hall–Kier alpha value is -2.63. The van der Waals surface area contributed by atoms with E-state index >= 15 is 0 Å². The summed E-state index contributed by atoms with van der Waals surface area (Å²) in [6, 6.07) is 11.3. The van der Waals surface area contributed by atoms with Crippen LogP contribution in [0.1, 0.15) is 41.0 Å². The van der Waals surface area contributed by atoms with Gasteiger partial charge in [-0.1, -0.05) is 43.7 Å². The van der Waals surface area contributed by atoms with Crippen molar-refractivity contribution in [1.29, 1.82) is 0 Å². The maximum atomic E-state index is 12.7. The number of carbonyl (C=O) groups is 2. The highest BCUT2D eigenvalue weighted by Gasteiger charge is 2.41. The molecule has 0 bridgehead atoms. The molecule has 1 aliphatic rings. The van der Waals surface area contributed by atoms with E-state index in [2.05, 4.69) is 17.1 Å². The fourth-order valence-corrected chi connectivity index (χ4v) is 3.29. The van der Waals surface area contributed by atoms with Crippen LogP contribution in [0.3, 0.4) is 0 Å². The third-order valence-electron chi connectivity index (χ3n) is 4.52. The second-order valence-corrected chi connectivity index (χ2v) is 6.20. The zero-order valence-electron chi connectivity index (χ0n) is 13.6. The summed E-state index contributed by atoms with van der Waals surface area (Å²) in [6.45, 7) is 2.67. The van der Waals surface area contributed by atoms with Crippen LogP contribution >= 0.6 is 0 Å². The molecule has 3 rings (SSSR count). The standard InChI is InChI=1S/C18H21N3O3/c1-2-6-13-9-16(20-19-13)17(22)21-10-14(15(11-21)18(23)24)12-7-4-3-5-8-12/h3-5,7-9,14-15H,2,6,10-11H2,1H3,(H,19,20)(H,23,24)/t14-,15-/m0/s1. The SMILES string of the molecule is CCCc1cc(C(=O)N2C[C@H](C(=O)O)[C@H](c3ccccc3)C2)n[nH]1. The number of rotatable bonds is 5. The van der Waals surface area contributed by atoms with Crippen molar-refractivity contribution in [3.8, 4) is 0 Å². The lowest BCUT2D eigenvalue weighted by atomic mass is 9.89. The smallest absolute Gasteiger partial charge is 0.308 e. The molecule has 2 aromatic rings. The zero-order valence-corrected chi connectivity index (χ0v) is 13.6. The van der Waals surface area contributed by atoms with E-state index in [9.17, 15) is 14.7 Å². The van der Waals surface area contributed by atoms with Crippen LogP contribution in [0, 0.1) is 5.92 Å². The summed E-state index contributed by atoms with van der Waals surface area (Å²) < 4.78 is 0. The zero-order chi connectivity index (χ0) is 17.1. The average molecular weight is 327 g/mol. The van der Waals surface area contributed by atoms with Gasteiger partial charge in [-0.25, -0.2) is 0 Å². The molecular formula is C18H21N3O3. The normalized spacial score (nSPS) is 20.3. The van der Waals surface area contributed by atoms with Crippen molar-refractivity contribution in [2.75, 3.05) is 13.1 Å². The van der Waals surface area contributed by atoms with E-state index < -0.39 is 11.9 Å². The van der Waals surface area contributed by atoms with Crippen molar-refractivity contribution >= 4 is 11.9 Å². The Balaban J connectivity index is 1.79. The van der Waals surface area contributed by atoms with Crippen molar-refractivity contribution in [1.82, 2.24) is 15.1 Å². The van der Waals surface area contributed by atoms with E-state index in [0.717, 1.165) is 24.1 Å². The second kappa shape index (κ2) is 6.86. The Kier molecular flexibility index (Phi) is 4.64. The van der Waals surface area contributed by atoms with Crippen molar-refractivity contribution in [2.45, 2.75) is 25.7 Å². The highest BCUT2D eigenvalue weighted by molar-refractivity contribution is 5.93. The van der Waals surface area contributed by atoms with Gasteiger partial charge in [0.05, 0.1) is 5.92 Å². The minimum absolute atomic E-state index is 0.193. The fraction of sp³-hybridized carbons (Fsp3) is 0.389. The highest BCUT2D eigenvalue weighted by atomic mass is 16.4. The number of hydrogen-bond donors (Lipinski definition) is 2. The van der Waals surface area contributed by atoms with Gasteiger partial charge in [-0.05, 0) is 18.1 Å². The number of nitrogens with one attached hydrogen (secondary N) is 1. The minimum Gasteiger partial charge on any atom is -0.481 e. The fourth-order valence-electron chi connectivity index (χ4n) is 3.29. The Bertz CT molecular complexity index is 726. The number of carbonyl (C=O) groups excluding carboxylic acids is 1. The van der Waals surface area contributed by atoms with Gasteiger partial charge < -0.3 is 10.0 Å². The van der Waals surface area contributed by atoms with Crippen molar-refractivity contribution < 1.29 is 14.7 Å². The van der Waals surface area contributed by atoms with Gasteiger partial charge in [-0.2, -0.15) is 5.10 Å². The van der Waals surface area contributed by atoms with Crippen molar-refractivity contribution in [3.05, 3.63) is 53.3 Å². The molecule has 2 heterocycles. The molecule has 0 radical (unpaired) electrons. The molecule has 0 aliphatic carbocycles. The monoisotopic (exact) mass is 327 g/mol. The Morgan fingerprint density at radius 3 is 2.71 bits per heavy atom. The van der Waals surface area contributed by atoms with Gasteiger partial charge in [0.2, 0.25) is 0 Å². The van der Waals surface area contributed by atoms with E-state index in [1.807, 2.05) is 30.3 Å². The van der Waals surface area contributed by atoms with Crippen LogP contribution in [0.2, 0.25) is 0 Å². The molecule has 126 valence electrons. The second-order valence-electron chi connectivity index (χ2n) is 6.20. The first-order chi connectivity index (χ1) is 11.6. The van der Waals surface area contributed by atoms with Gasteiger partial charge in [0.1, 0.15) is 5.69 Å². The van der Waals surface area contributed by atoms with Gasteiger partial charge in [0.15, 0.2) is 0 Å². The minimum atomic E-state index is -0.868. The van der Waals surface area contributed by atoms with Crippen molar-refractivity contribution in [2.24, 2.45) is 5.92 Å². The molecule has 2 N–H and O–H groups in total. The van der Waals surface area contributed by atoms with Crippen LogP contribution in [-0.4, -0.2) is 45.2 Å². The molecule has 24 heavy (non-hydrogen) atoms. The third kappa shape index (κ3) is 3.18. The highest BCUT2D eigenvalue weighted by Crippen LogP contribution is 2.33. The summed E-state index contributed by atoms with van der Waals surface area (Å²) in [6.07, 6.45) is 1.81. The average Bonchev–Trinajstić information content (AvgIpc) is 3.22. The predicted molar refractivity (Wildman–Crippen MR) is 88.8 cm³/mol. The van der Waals surface area contributed by atoms with Crippen LogP contribution in [0.15, 0.2) is 36.4 Å².